The molecule has 4 rings (SSSR count). The minimum Gasteiger partial charge on any atom is -0.497 e. The van der Waals surface area contributed by atoms with E-state index >= 15 is 4.39 Å². The third-order valence-electron chi connectivity index (χ3n) is 7.18. The first-order valence-corrected chi connectivity index (χ1v) is 13.1. The predicted molar refractivity (Wildman–Crippen MR) is 145 cm³/mol. The van der Waals surface area contributed by atoms with Crippen LogP contribution in [0.1, 0.15) is 49.4 Å². The fourth-order valence-corrected chi connectivity index (χ4v) is 5.39. The average molecular weight is 523 g/mol. The highest BCUT2D eigenvalue weighted by atomic mass is 35.5. The van der Waals surface area contributed by atoms with Gasteiger partial charge >= 0.3 is 5.97 Å². The number of rotatable bonds is 9. The number of fused-ring (bicyclic) bond motifs is 1. The van der Waals surface area contributed by atoms with Crippen LogP contribution in [0.2, 0.25) is 5.02 Å². The average Bonchev–Trinajstić information content (AvgIpc) is 2.90. The van der Waals surface area contributed by atoms with Crippen molar-refractivity contribution in [1.29, 1.82) is 0 Å². The summed E-state index contributed by atoms with van der Waals surface area (Å²) in [5.41, 5.74) is 2.24. The van der Waals surface area contributed by atoms with Gasteiger partial charge in [0.25, 0.3) is 0 Å². The van der Waals surface area contributed by atoms with Crippen molar-refractivity contribution in [2.75, 3.05) is 26.7 Å². The van der Waals surface area contributed by atoms with Crippen molar-refractivity contribution in [3.05, 3.63) is 70.9 Å². The summed E-state index contributed by atoms with van der Waals surface area (Å²) in [7, 11) is 1.59. The second kappa shape index (κ2) is 12.9. The molecule has 2 unspecified atom stereocenters. The number of pyridine rings is 1. The molecule has 0 bridgehead atoms. The summed E-state index contributed by atoms with van der Waals surface area (Å²) in [6, 6.07) is 14.7. The van der Waals surface area contributed by atoms with E-state index in [1.54, 1.807) is 19.4 Å². The van der Waals surface area contributed by atoms with Crippen LogP contribution in [-0.2, 0) is 4.79 Å². The first-order chi connectivity index (χ1) is 17.9. The zero-order valence-corrected chi connectivity index (χ0v) is 21.8. The maximum absolute atomic E-state index is 15.5. The second-order valence-electron chi connectivity index (χ2n) is 9.62. The lowest BCUT2D eigenvalue weighted by Gasteiger charge is -2.38. The Kier molecular flexibility index (Phi) is 9.38. The minimum absolute atomic E-state index is 0.122. The third-order valence-corrected chi connectivity index (χ3v) is 7.41. The van der Waals surface area contributed by atoms with Crippen LogP contribution in [0, 0.1) is 23.7 Å². The van der Waals surface area contributed by atoms with E-state index in [1.807, 2.05) is 42.5 Å². The van der Waals surface area contributed by atoms with E-state index in [0.29, 0.717) is 42.1 Å². The van der Waals surface area contributed by atoms with Gasteiger partial charge in [0.1, 0.15) is 11.9 Å². The standard InChI is InChI=1S/C30H32ClFN2O3/c1-37-25-9-11-29-27(19-25)26(13-15-33-29)28(32)10-7-22-14-17-34(20-23(22)8-12-30(35)36)16-3-5-21-4-2-6-24(31)18-21/h2,4,6,9,11,13,15,18-19,22-23,28H,7-8,10,12,14,16-17,20H2,1H3,(H,35,36)/t22?,23?,28-/m0/s1. The fraction of sp³-hybridized carbons (Fsp3) is 0.400. The third kappa shape index (κ3) is 7.44. The predicted octanol–water partition coefficient (Wildman–Crippen LogP) is 6.54. The van der Waals surface area contributed by atoms with Crippen LogP contribution in [0.4, 0.5) is 4.39 Å². The fourth-order valence-electron chi connectivity index (χ4n) is 5.20. The smallest absolute Gasteiger partial charge is 0.303 e. The largest absolute Gasteiger partial charge is 0.497 e. The summed E-state index contributed by atoms with van der Waals surface area (Å²) in [4.78, 5) is 17.9. The molecule has 1 saturated heterocycles. The van der Waals surface area contributed by atoms with Gasteiger partial charge in [-0.1, -0.05) is 29.5 Å². The number of hydrogen-bond donors (Lipinski definition) is 1. The number of methoxy groups -OCH3 is 1. The molecule has 0 spiro atoms. The molecule has 2 aromatic carbocycles. The number of halogens is 2. The molecule has 7 heteroatoms. The maximum atomic E-state index is 15.5. The van der Waals surface area contributed by atoms with Crippen molar-refractivity contribution in [2.24, 2.45) is 11.8 Å². The van der Waals surface area contributed by atoms with E-state index in [9.17, 15) is 9.90 Å². The number of aromatic nitrogens is 1. The zero-order chi connectivity index (χ0) is 26.2. The molecule has 0 radical (unpaired) electrons. The second-order valence-corrected chi connectivity index (χ2v) is 10.1. The highest BCUT2D eigenvalue weighted by Crippen LogP contribution is 2.36. The van der Waals surface area contributed by atoms with E-state index in [2.05, 4.69) is 21.7 Å². The highest BCUT2D eigenvalue weighted by molar-refractivity contribution is 6.30. The van der Waals surface area contributed by atoms with Crippen molar-refractivity contribution in [3.8, 4) is 17.6 Å². The van der Waals surface area contributed by atoms with Crippen LogP contribution in [0.25, 0.3) is 10.9 Å². The number of alkyl halides is 1. The molecule has 1 aliphatic heterocycles. The number of nitrogens with zero attached hydrogens (tertiary/aromatic N) is 2. The van der Waals surface area contributed by atoms with Crippen molar-refractivity contribution in [3.63, 3.8) is 0 Å². The summed E-state index contributed by atoms with van der Waals surface area (Å²) >= 11 is 6.04. The van der Waals surface area contributed by atoms with Gasteiger partial charge in [0.15, 0.2) is 0 Å². The van der Waals surface area contributed by atoms with E-state index in [4.69, 9.17) is 16.3 Å². The number of ether oxygens (including phenoxy) is 1. The maximum Gasteiger partial charge on any atom is 0.303 e. The Morgan fingerprint density at radius 1 is 1.24 bits per heavy atom. The molecule has 1 N–H and O–H groups in total. The van der Waals surface area contributed by atoms with E-state index in [1.165, 1.54) is 0 Å². The lowest BCUT2D eigenvalue weighted by Crippen LogP contribution is -2.41. The number of carbonyl (C=O) groups is 1. The lowest BCUT2D eigenvalue weighted by molar-refractivity contribution is -0.137. The molecular formula is C30H32ClFN2O3. The Morgan fingerprint density at radius 3 is 2.89 bits per heavy atom. The number of carboxylic acids is 1. The molecule has 1 aliphatic rings. The molecule has 3 aromatic rings. The van der Waals surface area contributed by atoms with Crippen LogP contribution >= 0.6 is 11.6 Å². The van der Waals surface area contributed by atoms with Gasteiger partial charge in [-0.3, -0.25) is 14.7 Å². The Balaban J connectivity index is 1.39. The van der Waals surface area contributed by atoms with Crippen LogP contribution in [0.5, 0.6) is 5.75 Å². The van der Waals surface area contributed by atoms with Gasteiger partial charge < -0.3 is 9.84 Å². The normalized spacial score (nSPS) is 18.7. The molecule has 2 heterocycles. The molecule has 0 amide bonds. The number of aliphatic carboxylic acids is 1. The van der Waals surface area contributed by atoms with Gasteiger partial charge in [0.2, 0.25) is 0 Å². The van der Waals surface area contributed by atoms with E-state index < -0.39 is 12.1 Å². The molecule has 1 fully saturated rings. The van der Waals surface area contributed by atoms with Gasteiger partial charge in [-0.15, -0.1) is 0 Å². The van der Waals surface area contributed by atoms with Gasteiger partial charge in [-0.2, -0.15) is 0 Å². The SMILES string of the molecule is COc1ccc2nccc([C@@H](F)CCC3CCN(CC#Cc4cccc(Cl)c4)CC3CCC(=O)O)c2c1. The number of carboxylic acid groups (broad SMARTS) is 1. The van der Waals surface area contributed by atoms with Crippen molar-refractivity contribution >= 4 is 28.5 Å². The topological polar surface area (TPSA) is 62.7 Å². The van der Waals surface area contributed by atoms with Gasteiger partial charge in [0, 0.05) is 35.1 Å². The van der Waals surface area contributed by atoms with Gasteiger partial charge in [-0.05, 0) is 92.1 Å². The summed E-state index contributed by atoms with van der Waals surface area (Å²) < 4.78 is 20.9. The summed E-state index contributed by atoms with van der Waals surface area (Å²) in [6.07, 6.45) is 3.23. The van der Waals surface area contributed by atoms with Crippen LogP contribution in [-0.4, -0.2) is 47.7 Å². The monoisotopic (exact) mass is 522 g/mol. The van der Waals surface area contributed by atoms with Crippen LogP contribution in [0.15, 0.2) is 54.7 Å². The molecule has 194 valence electrons. The Hall–Kier alpha value is -3.14. The van der Waals surface area contributed by atoms with Crippen molar-refractivity contribution in [2.45, 2.75) is 38.3 Å². The zero-order valence-electron chi connectivity index (χ0n) is 21.0. The molecule has 37 heavy (non-hydrogen) atoms. The van der Waals surface area contributed by atoms with Crippen LogP contribution < -0.4 is 4.74 Å². The van der Waals surface area contributed by atoms with Gasteiger partial charge in [-0.25, -0.2) is 4.39 Å². The quantitative estimate of drug-likeness (QED) is 0.323. The number of likely N-dealkylation sites (tertiary alicyclic amines) is 1. The Labute approximate surface area is 222 Å². The molecule has 0 aliphatic carbocycles. The first kappa shape index (κ1) is 26.9. The minimum atomic E-state index is -1.13. The van der Waals surface area contributed by atoms with Gasteiger partial charge in [0.05, 0.1) is 19.2 Å². The highest BCUT2D eigenvalue weighted by Gasteiger charge is 2.30. The molecule has 0 saturated carbocycles. The molecule has 1 aromatic heterocycles. The molecule has 3 atom stereocenters. The Bertz CT molecular complexity index is 1290. The number of benzene rings is 2. The number of piperidine rings is 1. The Morgan fingerprint density at radius 2 is 2.11 bits per heavy atom. The van der Waals surface area contributed by atoms with Crippen LogP contribution in [0.3, 0.4) is 0 Å². The number of hydrogen-bond acceptors (Lipinski definition) is 4. The summed E-state index contributed by atoms with van der Waals surface area (Å²) in [5.74, 6) is 6.73. The first-order valence-electron chi connectivity index (χ1n) is 12.7. The molecular weight excluding hydrogens is 491 g/mol. The van der Waals surface area contributed by atoms with E-state index in [-0.39, 0.29) is 18.3 Å². The summed E-state index contributed by atoms with van der Waals surface area (Å²) in [5, 5.41) is 10.7. The molecule has 5 nitrogen and oxygen atoms in total. The van der Waals surface area contributed by atoms with E-state index in [0.717, 1.165) is 36.0 Å². The lowest BCUT2D eigenvalue weighted by atomic mass is 9.79. The van der Waals surface area contributed by atoms with Crippen molar-refractivity contribution in [1.82, 2.24) is 9.88 Å². The summed E-state index contributed by atoms with van der Waals surface area (Å²) in [6.45, 7) is 2.25. The van der Waals surface area contributed by atoms with Crippen molar-refractivity contribution < 1.29 is 19.0 Å².